The largest absolute Gasteiger partial charge is 0.497 e. The Bertz CT molecular complexity index is 801. The van der Waals surface area contributed by atoms with Gasteiger partial charge >= 0.3 is 0 Å². The van der Waals surface area contributed by atoms with Crippen molar-refractivity contribution in [1.82, 2.24) is 15.3 Å². The zero-order chi connectivity index (χ0) is 16.8. The highest BCUT2D eigenvalue weighted by Crippen LogP contribution is 2.24. The van der Waals surface area contributed by atoms with Crippen molar-refractivity contribution in [3.63, 3.8) is 0 Å². The van der Waals surface area contributed by atoms with Gasteiger partial charge in [-0.3, -0.25) is 9.78 Å². The summed E-state index contributed by atoms with van der Waals surface area (Å²) in [5.74, 6) is 0.734. The number of rotatable bonds is 6. The van der Waals surface area contributed by atoms with Crippen LogP contribution in [0, 0.1) is 0 Å². The Kier molecular flexibility index (Phi) is 5.18. The van der Waals surface area contributed by atoms with Gasteiger partial charge in [-0.15, -0.1) is 11.3 Å². The number of hydrogen-bond acceptors (Lipinski definition) is 5. The molecule has 2 aromatic heterocycles. The summed E-state index contributed by atoms with van der Waals surface area (Å²) in [6.45, 7) is 0.552. The Morgan fingerprint density at radius 1 is 1.17 bits per heavy atom. The first-order chi connectivity index (χ1) is 11.8. The summed E-state index contributed by atoms with van der Waals surface area (Å²) >= 11 is 1.60. The molecule has 6 heteroatoms. The lowest BCUT2D eigenvalue weighted by Gasteiger charge is -2.03. The third-order valence-electron chi connectivity index (χ3n) is 3.50. The maximum Gasteiger partial charge on any atom is 0.251 e. The van der Waals surface area contributed by atoms with E-state index in [1.807, 2.05) is 29.6 Å². The van der Waals surface area contributed by atoms with Gasteiger partial charge in [-0.25, -0.2) is 4.98 Å². The number of amides is 1. The highest BCUT2D eigenvalue weighted by molar-refractivity contribution is 7.09. The average Bonchev–Trinajstić information content (AvgIpc) is 3.11. The van der Waals surface area contributed by atoms with Gasteiger partial charge in [0.2, 0.25) is 0 Å². The molecule has 1 N–H and O–H groups in total. The monoisotopic (exact) mass is 339 g/mol. The van der Waals surface area contributed by atoms with Gasteiger partial charge in [-0.05, 0) is 36.4 Å². The molecule has 0 unspecified atom stereocenters. The summed E-state index contributed by atoms with van der Waals surface area (Å²) in [7, 11) is 1.65. The van der Waals surface area contributed by atoms with Crippen LogP contribution in [0.5, 0.6) is 5.75 Å². The first-order valence-electron chi connectivity index (χ1n) is 7.53. The van der Waals surface area contributed by atoms with E-state index in [4.69, 9.17) is 4.74 Å². The molecule has 1 amide bonds. The lowest BCUT2D eigenvalue weighted by molar-refractivity contribution is 0.0954. The van der Waals surface area contributed by atoms with Crippen LogP contribution < -0.4 is 10.1 Å². The highest BCUT2D eigenvalue weighted by Gasteiger charge is 2.07. The smallest absolute Gasteiger partial charge is 0.251 e. The maximum atomic E-state index is 12.0. The van der Waals surface area contributed by atoms with E-state index in [-0.39, 0.29) is 5.91 Å². The van der Waals surface area contributed by atoms with E-state index in [1.54, 1.807) is 43.0 Å². The number of methoxy groups -OCH3 is 1. The Balaban J connectivity index is 1.55. The zero-order valence-electron chi connectivity index (χ0n) is 13.2. The Morgan fingerprint density at radius 3 is 2.62 bits per heavy atom. The summed E-state index contributed by atoms with van der Waals surface area (Å²) < 4.78 is 5.16. The first-order valence-corrected chi connectivity index (χ1v) is 8.41. The highest BCUT2D eigenvalue weighted by atomic mass is 32.1. The van der Waals surface area contributed by atoms with Crippen molar-refractivity contribution in [1.29, 1.82) is 0 Å². The molecule has 0 fully saturated rings. The second kappa shape index (κ2) is 7.70. The molecule has 0 spiro atoms. The average molecular weight is 339 g/mol. The summed E-state index contributed by atoms with van der Waals surface area (Å²) in [6, 6.07) is 11.2. The van der Waals surface area contributed by atoms with Crippen molar-refractivity contribution in [2.24, 2.45) is 0 Å². The molecule has 122 valence electrons. The van der Waals surface area contributed by atoms with Crippen LogP contribution in [0.1, 0.15) is 15.4 Å². The number of benzene rings is 1. The van der Waals surface area contributed by atoms with E-state index in [2.05, 4.69) is 15.3 Å². The predicted molar refractivity (Wildman–Crippen MR) is 94.4 cm³/mol. The standard InChI is InChI=1S/C18H17N3O2S/c1-23-15-4-2-13(3-5-15)16-12-24-17(21-16)8-11-20-18(22)14-6-9-19-10-7-14/h2-7,9-10,12H,8,11H2,1H3,(H,20,22). The second-order valence-corrected chi connectivity index (χ2v) is 6.04. The van der Waals surface area contributed by atoms with Gasteiger partial charge in [0.15, 0.2) is 0 Å². The lowest BCUT2D eigenvalue weighted by Crippen LogP contribution is -2.25. The van der Waals surface area contributed by atoms with Crippen LogP contribution in [0.4, 0.5) is 0 Å². The molecule has 0 aliphatic heterocycles. The van der Waals surface area contributed by atoms with Gasteiger partial charge in [-0.2, -0.15) is 0 Å². The van der Waals surface area contributed by atoms with Crippen molar-refractivity contribution < 1.29 is 9.53 Å². The molecule has 1 aromatic carbocycles. The lowest BCUT2D eigenvalue weighted by atomic mass is 10.2. The number of carbonyl (C=O) groups excluding carboxylic acids is 1. The number of ether oxygens (including phenoxy) is 1. The van der Waals surface area contributed by atoms with Gasteiger partial charge in [0.05, 0.1) is 17.8 Å². The fraction of sp³-hybridized carbons (Fsp3) is 0.167. The van der Waals surface area contributed by atoms with E-state index in [0.717, 1.165) is 22.0 Å². The van der Waals surface area contributed by atoms with E-state index in [9.17, 15) is 4.79 Å². The molecule has 2 heterocycles. The molecule has 0 saturated heterocycles. The van der Waals surface area contributed by atoms with E-state index in [0.29, 0.717) is 18.5 Å². The molecule has 24 heavy (non-hydrogen) atoms. The Hall–Kier alpha value is -2.73. The van der Waals surface area contributed by atoms with Crippen molar-refractivity contribution in [3.8, 4) is 17.0 Å². The molecule has 0 bridgehead atoms. The number of hydrogen-bond donors (Lipinski definition) is 1. The Morgan fingerprint density at radius 2 is 1.92 bits per heavy atom. The number of nitrogens with zero attached hydrogens (tertiary/aromatic N) is 2. The quantitative estimate of drug-likeness (QED) is 0.749. The van der Waals surface area contributed by atoms with E-state index in [1.165, 1.54) is 0 Å². The minimum Gasteiger partial charge on any atom is -0.497 e. The summed E-state index contributed by atoms with van der Waals surface area (Å²) in [5, 5.41) is 5.92. The molecule has 3 rings (SSSR count). The van der Waals surface area contributed by atoms with Crippen LogP contribution >= 0.6 is 11.3 Å². The molecular weight excluding hydrogens is 322 g/mol. The molecule has 0 atom stereocenters. The van der Waals surface area contributed by atoms with Crippen LogP contribution in [-0.4, -0.2) is 29.5 Å². The number of pyridine rings is 1. The normalized spacial score (nSPS) is 10.4. The predicted octanol–water partition coefficient (Wildman–Crippen LogP) is 3.19. The molecule has 0 saturated carbocycles. The summed E-state index contributed by atoms with van der Waals surface area (Å²) in [6.07, 6.45) is 3.92. The van der Waals surface area contributed by atoms with Gasteiger partial charge in [0.25, 0.3) is 5.91 Å². The third-order valence-corrected chi connectivity index (χ3v) is 4.41. The van der Waals surface area contributed by atoms with Crippen LogP contribution in [0.25, 0.3) is 11.3 Å². The number of carbonyl (C=O) groups is 1. The fourth-order valence-corrected chi connectivity index (χ4v) is 3.02. The van der Waals surface area contributed by atoms with Crippen LogP contribution in [0.3, 0.4) is 0 Å². The molecular formula is C18H17N3O2S. The van der Waals surface area contributed by atoms with E-state index < -0.39 is 0 Å². The Labute approximate surface area is 144 Å². The fourth-order valence-electron chi connectivity index (χ4n) is 2.21. The van der Waals surface area contributed by atoms with Gasteiger partial charge in [-0.1, -0.05) is 0 Å². The van der Waals surface area contributed by atoms with E-state index >= 15 is 0 Å². The maximum absolute atomic E-state index is 12.0. The van der Waals surface area contributed by atoms with Crippen LogP contribution in [-0.2, 0) is 6.42 Å². The number of thiazole rings is 1. The number of nitrogens with one attached hydrogen (secondary N) is 1. The van der Waals surface area contributed by atoms with Crippen molar-refractivity contribution in [2.45, 2.75) is 6.42 Å². The second-order valence-electron chi connectivity index (χ2n) is 5.10. The number of aromatic nitrogens is 2. The van der Waals surface area contributed by atoms with Crippen molar-refractivity contribution >= 4 is 17.2 Å². The van der Waals surface area contributed by atoms with Crippen LogP contribution in [0.2, 0.25) is 0 Å². The van der Waals surface area contributed by atoms with Crippen molar-refractivity contribution in [3.05, 3.63) is 64.7 Å². The van der Waals surface area contributed by atoms with Crippen LogP contribution in [0.15, 0.2) is 54.2 Å². The third kappa shape index (κ3) is 3.97. The van der Waals surface area contributed by atoms with Gasteiger partial charge in [0, 0.05) is 41.9 Å². The topological polar surface area (TPSA) is 64.1 Å². The van der Waals surface area contributed by atoms with Crippen molar-refractivity contribution in [2.75, 3.05) is 13.7 Å². The first kappa shape index (κ1) is 16.1. The minimum absolute atomic E-state index is 0.0932. The van der Waals surface area contributed by atoms with Gasteiger partial charge < -0.3 is 10.1 Å². The molecule has 0 aliphatic carbocycles. The minimum atomic E-state index is -0.0932. The SMILES string of the molecule is COc1ccc(-c2csc(CCNC(=O)c3ccncc3)n2)cc1. The molecule has 0 radical (unpaired) electrons. The summed E-state index contributed by atoms with van der Waals surface area (Å²) in [5.41, 5.74) is 2.61. The molecule has 3 aromatic rings. The van der Waals surface area contributed by atoms with Gasteiger partial charge in [0.1, 0.15) is 5.75 Å². The summed E-state index contributed by atoms with van der Waals surface area (Å²) in [4.78, 5) is 20.5. The zero-order valence-corrected chi connectivity index (χ0v) is 14.0. The molecule has 5 nitrogen and oxygen atoms in total. The molecule has 0 aliphatic rings.